The summed E-state index contributed by atoms with van der Waals surface area (Å²) in [4.78, 5) is 16.6. The maximum absolute atomic E-state index is 12.1. The van der Waals surface area contributed by atoms with Gasteiger partial charge in [0.05, 0.1) is 12.1 Å². The van der Waals surface area contributed by atoms with Crippen LogP contribution < -0.4 is 5.32 Å². The zero-order valence-electron chi connectivity index (χ0n) is 17.2. The van der Waals surface area contributed by atoms with E-state index in [2.05, 4.69) is 16.2 Å². The number of aliphatic hydroxyl groups is 1. The molecular formula is C22H30N2O4. The summed E-state index contributed by atoms with van der Waals surface area (Å²) < 4.78 is 11.0. The van der Waals surface area contributed by atoms with Crippen molar-refractivity contribution in [2.24, 2.45) is 0 Å². The van der Waals surface area contributed by atoms with Crippen LogP contribution >= 0.6 is 0 Å². The fraction of sp³-hybridized carbons (Fsp3) is 0.545. The van der Waals surface area contributed by atoms with Gasteiger partial charge in [-0.25, -0.2) is 9.78 Å². The van der Waals surface area contributed by atoms with Gasteiger partial charge in [-0.2, -0.15) is 0 Å². The molecule has 0 aliphatic carbocycles. The van der Waals surface area contributed by atoms with Gasteiger partial charge in [-0.3, -0.25) is 0 Å². The summed E-state index contributed by atoms with van der Waals surface area (Å²) in [5.41, 5.74) is 1.25. The Bertz CT molecular complexity index is 844. The second kappa shape index (κ2) is 9.11. The summed E-state index contributed by atoms with van der Waals surface area (Å²) in [5.74, 6) is 3.30. The average molecular weight is 386 g/mol. The molecule has 6 nitrogen and oxygen atoms in total. The number of carbonyl (C=O) groups is 1. The molecule has 2 N–H and O–H groups in total. The number of hydrogen-bond donors (Lipinski definition) is 2. The van der Waals surface area contributed by atoms with Crippen LogP contribution in [0.5, 0.6) is 0 Å². The highest BCUT2D eigenvalue weighted by molar-refractivity contribution is 5.73. The monoisotopic (exact) mass is 386 g/mol. The van der Waals surface area contributed by atoms with Gasteiger partial charge in [0.15, 0.2) is 11.5 Å². The van der Waals surface area contributed by atoms with Crippen molar-refractivity contribution in [1.29, 1.82) is 0 Å². The van der Waals surface area contributed by atoms with Crippen LogP contribution in [0.25, 0.3) is 11.1 Å². The number of carbonyl (C=O) groups excluding carboxylic acids is 1. The predicted octanol–water partition coefficient (Wildman–Crippen LogP) is 3.99. The first-order valence-electron chi connectivity index (χ1n) is 9.58. The smallest absolute Gasteiger partial charge is 0.408 e. The molecule has 0 saturated heterocycles. The molecule has 152 valence electrons. The number of alkyl carbamates (subject to hydrolysis) is 1. The zero-order valence-corrected chi connectivity index (χ0v) is 17.2. The predicted molar refractivity (Wildman–Crippen MR) is 109 cm³/mol. The lowest BCUT2D eigenvalue weighted by Gasteiger charge is -2.30. The number of ether oxygens (including phenoxy) is 1. The minimum Gasteiger partial charge on any atom is -0.444 e. The van der Waals surface area contributed by atoms with Gasteiger partial charge in [0.25, 0.3) is 0 Å². The van der Waals surface area contributed by atoms with Crippen molar-refractivity contribution in [3.63, 3.8) is 0 Å². The molecule has 0 spiro atoms. The Hall–Kier alpha value is -2.52. The lowest BCUT2D eigenvalue weighted by molar-refractivity contribution is 0.0407. The first-order chi connectivity index (χ1) is 13.1. The minimum absolute atomic E-state index is 0.183. The second-order valence-corrected chi connectivity index (χ2v) is 8.31. The molecule has 0 aliphatic rings. The minimum atomic E-state index is -0.776. The van der Waals surface area contributed by atoms with Crippen molar-refractivity contribution in [1.82, 2.24) is 10.3 Å². The van der Waals surface area contributed by atoms with Crippen molar-refractivity contribution < 1.29 is 19.1 Å². The van der Waals surface area contributed by atoms with E-state index >= 15 is 0 Å². The van der Waals surface area contributed by atoms with Crippen LogP contribution in [0.3, 0.4) is 0 Å². The molecule has 1 unspecified atom stereocenters. The van der Waals surface area contributed by atoms with E-state index in [1.807, 2.05) is 18.2 Å². The third-order valence-corrected chi connectivity index (χ3v) is 4.33. The lowest BCUT2D eigenvalue weighted by atomic mass is 9.94. The Morgan fingerprint density at radius 2 is 2.07 bits per heavy atom. The molecule has 1 aromatic heterocycles. The number of nitrogens with one attached hydrogen (secondary N) is 1. The fourth-order valence-corrected chi connectivity index (χ4v) is 2.78. The molecule has 0 bridgehead atoms. The second-order valence-electron chi connectivity index (χ2n) is 8.31. The summed E-state index contributed by atoms with van der Waals surface area (Å²) in [6, 6.07) is 5.86. The Balaban J connectivity index is 2.00. The first kappa shape index (κ1) is 21.8. The molecule has 1 heterocycles. The van der Waals surface area contributed by atoms with Gasteiger partial charge >= 0.3 is 6.09 Å². The third kappa shape index (κ3) is 6.58. The highest BCUT2D eigenvalue weighted by Gasteiger charge is 2.28. The van der Waals surface area contributed by atoms with Gasteiger partial charge in [-0.05, 0) is 64.7 Å². The average Bonchev–Trinajstić information content (AvgIpc) is 3.00. The number of fused-ring (bicyclic) bond motifs is 1. The number of amides is 1. The normalized spacial score (nSPS) is 13.7. The van der Waals surface area contributed by atoms with Crippen LogP contribution in [0, 0.1) is 12.3 Å². The number of rotatable bonds is 8. The molecule has 1 aromatic carbocycles. The van der Waals surface area contributed by atoms with Gasteiger partial charge < -0.3 is 19.6 Å². The van der Waals surface area contributed by atoms with Crippen molar-refractivity contribution in [3.05, 3.63) is 29.7 Å². The van der Waals surface area contributed by atoms with Crippen LogP contribution in [-0.2, 0) is 17.6 Å². The van der Waals surface area contributed by atoms with E-state index in [0.717, 1.165) is 29.5 Å². The van der Waals surface area contributed by atoms with Crippen LogP contribution in [0.15, 0.2) is 22.6 Å². The van der Waals surface area contributed by atoms with Crippen molar-refractivity contribution in [2.75, 3.05) is 6.61 Å². The molecule has 1 atom stereocenters. The Morgan fingerprint density at radius 1 is 1.32 bits per heavy atom. The van der Waals surface area contributed by atoms with Crippen molar-refractivity contribution in [2.45, 2.75) is 70.9 Å². The van der Waals surface area contributed by atoms with Crippen LogP contribution in [-0.4, -0.2) is 33.9 Å². The Morgan fingerprint density at radius 3 is 2.71 bits per heavy atom. The van der Waals surface area contributed by atoms with Crippen LogP contribution in [0.2, 0.25) is 0 Å². The van der Waals surface area contributed by atoms with Crippen molar-refractivity contribution in [3.8, 4) is 12.3 Å². The summed E-state index contributed by atoms with van der Waals surface area (Å²) in [7, 11) is 0. The Kier molecular flexibility index (Phi) is 7.09. The van der Waals surface area contributed by atoms with E-state index < -0.39 is 17.2 Å². The van der Waals surface area contributed by atoms with E-state index in [1.54, 1.807) is 27.7 Å². The molecule has 28 heavy (non-hydrogen) atoms. The third-order valence-electron chi connectivity index (χ3n) is 4.33. The summed E-state index contributed by atoms with van der Waals surface area (Å²) in [6.07, 6.45) is 8.24. The molecule has 0 saturated carbocycles. The number of aliphatic hydroxyl groups excluding tert-OH is 1. The van der Waals surface area contributed by atoms with E-state index in [0.29, 0.717) is 25.2 Å². The van der Waals surface area contributed by atoms with E-state index in [4.69, 9.17) is 15.6 Å². The topological polar surface area (TPSA) is 84.6 Å². The molecule has 6 heteroatoms. The number of benzene rings is 1. The lowest BCUT2D eigenvalue weighted by Crippen LogP contribution is -2.50. The zero-order chi connectivity index (χ0) is 20.8. The molecule has 0 fully saturated rings. The standard InChI is InChI=1S/C22H30N2O4/c1-6-7-8-9-19-23-17-14-16(10-11-18(17)27-19)12-13-22(5,15-25)24-20(26)28-21(2,3)4/h1,10-11,14,25H,7-9,12-13,15H2,2-5H3,(H,24,26). The van der Waals surface area contributed by atoms with Gasteiger partial charge in [-0.15, -0.1) is 12.3 Å². The number of nitrogens with zero attached hydrogens (tertiary/aromatic N) is 1. The summed E-state index contributed by atoms with van der Waals surface area (Å²) in [6.45, 7) is 7.03. The number of oxazole rings is 1. The summed E-state index contributed by atoms with van der Waals surface area (Å²) >= 11 is 0. The molecule has 0 aliphatic heterocycles. The largest absolute Gasteiger partial charge is 0.444 e. The number of aromatic nitrogens is 1. The molecule has 2 rings (SSSR count). The number of unbranched alkanes of at least 4 members (excludes halogenated alkanes) is 1. The molecule has 0 radical (unpaired) electrons. The van der Waals surface area contributed by atoms with Crippen LogP contribution in [0.4, 0.5) is 4.79 Å². The maximum atomic E-state index is 12.1. The van der Waals surface area contributed by atoms with Gasteiger partial charge in [-0.1, -0.05) is 6.07 Å². The fourth-order valence-electron chi connectivity index (χ4n) is 2.78. The van der Waals surface area contributed by atoms with Gasteiger partial charge in [0, 0.05) is 12.8 Å². The molecule has 1 amide bonds. The Labute approximate surface area is 166 Å². The van der Waals surface area contributed by atoms with Crippen molar-refractivity contribution >= 4 is 17.2 Å². The molecule has 2 aromatic rings. The van der Waals surface area contributed by atoms with Gasteiger partial charge in [0.2, 0.25) is 0 Å². The highest BCUT2D eigenvalue weighted by Crippen LogP contribution is 2.21. The number of hydrogen-bond acceptors (Lipinski definition) is 5. The summed E-state index contributed by atoms with van der Waals surface area (Å²) in [5, 5.41) is 12.6. The SMILES string of the molecule is C#CCCCc1nc2cc(CCC(C)(CO)NC(=O)OC(C)(C)C)ccc2o1. The quantitative estimate of drug-likeness (QED) is 0.529. The maximum Gasteiger partial charge on any atom is 0.408 e. The van der Waals surface area contributed by atoms with E-state index in [1.165, 1.54) is 0 Å². The number of terminal acetylenes is 1. The van der Waals surface area contributed by atoms with Crippen LogP contribution in [0.1, 0.15) is 58.4 Å². The van der Waals surface area contributed by atoms with Gasteiger partial charge in [0.1, 0.15) is 11.1 Å². The number of aryl methyl sites for hydroxylation is 2. The molecular weight excluding hydrogens is 356 g/mol. The highest BCUT2D eigenvalue weighted by atomic mass is 16.6. The van der Waals surface area contributed by atoms with E-state index in [-0.39, 0.29) is 6.61 Å². The first-order valence-corrected chi connectivity index (χ1v) is 9.58. The van der Waals surface area contributed by atoms with E-state index in [9.17, 15) is 9.90 Å².